The minimum atomic E-state index is -1.38. The molecule has 0 spiro atoms. The minimum absolute atomic E-state index is 0.0775. The number of nitrogens with zero attached hydrogens (tertiary/aromatic N) is 2. The molecule has 3 N–H and O–H groups in total. The van der Waals surface area contributed by atoms with Crippen LogP contribution in [0, 0.1) is 21.4 Å². The molecule has 0 bridgehead atoms. The highest BCUT2D eigenvalue weighted by atomic mass is 16.6. The van der Waals surface area contributed by atoms with E-state index in [-0.39, 0.29) is 17.9 Å². The Balaban J connectivity index is 3.13. The summed E-state index contributed by atoms with van der Waals surface area (Å²) in [5.74, 6) is -1.56. The zero-order valence-corrected chi connectivity index (χ0v) is 9.07. The van der Waals surface area contributed by atoms with Gasteiger partial charge in [0, 0.05) is 12.6 Å². The molecule has 0 aliphatic rings. The van der Waals surface area contributed by atoms with Crippen LogP contribution in [0.3, 0.4) is 0 Å². The van der Waals surface area contributed by atoms with Crippen molar-refractivity contribution in [1.82, 2.24) is 0 Å². The minimum Gasteiger partial charge on any atom is -0.478 e. The van der Waals surface area contributed by atoms with Crippen LogP contribution < -0.4 is 10.5 Å². The van der Waals surface area contributed by atoms with E-state index in [1.165, 1.54) is 12.1 Å². The van der Waals surface area contributed by atoms with Crippen LogP contribution in [0.5, 0.6) is 5.75 Å². The fourth-order valence-corrected chi connectivity index (χ4v) is 1.18. The standard InChI is InChI=1S/C10H9N3O5/c11-4-6-1-2-8(7(3-6)13(16)17)18-9(5-12)10(14)15/h1-3,9H,5,12H2,(H,14,15). The Labute approximate surface area is 101 Å². The Hall–Kier alpha value is -2.66. The lowest BCUT2D eigenvalue weighted by Gasteiger charge is -2.12. The summed E-state index contributed by atoms with van der Waals surface area (Å²) in [7, 11) is 0. The van der Waals surface area contributed by atoms with Gasteiger partial charge in [0.2, 0.25) is 6.10 Å². The van der Waals surface area contributed by atoms with Gasteiger partial charge in [-0.25, -0.2) is 4.79 Å². The van der Waals surface area contributed by atoms with Crippen molar-refractivity contribution >= 4 is 11.7 Å². The van der Waals surface area contributed by atoms with E-state index < -0.39 is 22.7 Å². The summed E-state index contributed by atoms with van der Waals surface area (Å²) in [6.45, 7) is -0.327. The smallest absolute Gasteiger partial charge is 0.346 e. The number of ether oxygens (including phenoxy) is 1. The number of rotatable bonds is 5. The molecule has 18 heavy (non-hydrogen) atoms. The zero-order valence-electron chi connectivity index (χ0n) is 9.07. The van der Waals surface area contributed by atoms with Gasteiger partial charge >= 0.3 is 11.7 Å². The molecule has 1 rings (SSSR count). The monoisotopic (exact) mass is 251 g/mol. The van der Waals surface area contributed by atoms with Crippen LogP contribution in [0.2, 0.25) is 0 Å². The number of carboxylic acid groups (broad SMARTS) is 1. The first-order chi connectivity index (χ1) is 8.49. The third kappa shape index (κ3) is 2.93. The van der Waals surface area contributed by atoms with Gasteiger partial charge in [0.1, 0.15) is 0 Å². The number of nitro benzene ring substituents is 1. The van der Waals surface area contributed by atoms with Crippen molar-refractivity contribution < 1.29 is 19.6 Å². The largest absolute Gasteiger partial charge is 0.478 e. The summed E-state index contributed by atoms with van der Waals surface area (Å²) in [6.07, 6.45) is -1.38. The van der Waals surface area contributed by atoms with Gasteiger partial charge in [0.15, 0.2) is 5.75 Å². The number of nitriles is 1. The average Bonchev–Trinajstić information content (AvgIpc) is 2.35. The molecule has 1 aromatic rings. The van der Waals surface area contributed by atoms with Crippen LogP contribution in [0.25, 0.3) is 0 Å². The van der Waals surface area contributed by atoms with E-state index in [0.717, 1.165) is 6.07 Å². The normalized spacial score (nSPS) is 11.3. The Morgan fingerprint density at radius 3 is 2.78 bits per heavy atom. The number of carboxylic acids is 1. The number of hydrogen-bond acceptors (Lipinski definition) is 6. The predicted molar refractivity (Wildman–Crippen MR) is 58.9 cm³/mol. The van der Waals surface area contributed by atoms with Crippen molar-refractivity contribution in [1.29, 1.82) is 5.26 Å². The molecule has 94 valence electrons. The summed E-state index contributed by atoms with van der Waals surface area (Å²) >= 11 is 0. The van der Waals surface area contributed by atoms with E-state index in [1.807, 2.05) is 0 Å². The molecule has 8 heteroatoms. The second-order valence-electron chi connectivity index (χ2n) is 3.23. The lowest BCUT2D eigenvalue weighted by Crippen LogP contribution is -2.34. The van der Waals surface area contributed by atoms with Gasteiger partial charge in [0.25, 0.3) is 0 Å². The topological polar surface area (TPSA) is 139 Å². The molecule has 0 aliphatic carbocycles. The lowest BCUT2D eigenvalue weighted by atomic mass is 10.2. The highest BCUT2D eigenvalue weighted by Gasteiger charge is 2.23. The van der Waals surface area contributed by atoms with Crippen molar-refractivity contribution in [3.8, 4) is 11.8 Å². The third-order valence-corrected chi connectivity index (χ3v) is 2.04. The summed E-state index contributed by atoms with van der Waals surface area (Å²) in [5.41, 5.74) is 4.78. The van der Waals surface area contributed by atoms with E-state index in [0.29, 0.717) is 0 Å². The van der Waals surface area contributed by atoms with Gasteiger partial charge in [-0.1, -0.05) is 0 Å². The zero-order chi connectivity index (χ0) is 13.7. The summed E-state index contributed by atoms with van der Waals surface area (Å²) in [4.78, 5) is 20.7. The maximum atomic E-state index is 10.8. The van der Waals surface area contributed by atoms with Gasteiger partial charge < -0.3 is 15.6 Å². The SMILES string of the molecule is N#Cc1ccc(OC(CN)C(=O)O)c([N+](=O)[O-])c1. The number of hydrogen-bond donors (Lipinski definition) is 2. The van der Waals surface area contributed by atoms with E-state index in [4.69, 9.17) is 20.8 Å². The van der Waals surface area contributed by atoms with Crippen LogP contribution in [0.15, 0.2) is 18.2 Å². The molecule has 1 aromatic carbocycles. The average molecular weight is 251 g/mol. The molecule has 0 aromatic heterocycles. The number of benzene rings is 1. The lowest BCUT2D eigenvalue weighted by molar-refractivity contribution is -0.386. The molecule has 0 radical (unpaired) electrons. The van der Waals surface area contributed by atoms with Crippen LogP contribution >= 0.6 is 0 Å². The Kier molecular flexibility index (Phi) is 4.17. The molecular weight excluding hydrogens is 242 g/mol. The van der Waals surface area contributed by atoms with E-state index in [2.05, 4.69) is 0 Å². The molecule has 1 atom stereocenters. The highest BCUT2D eigenvalue weighted by molar-refractivity contribution is 5.73. The van der Waals surface area contributed by atoms with Crippen LogP contribution in [-0.4, -0.2) is 28.6 Å². The quantitative estimate of drug-likeness (QED) is 0.564. The Morgan fingerprint density at radius 1 is 1.67 bits per heavy atom. The fraction of sp³-hybridized carbons (Fsp3) is 0.200. The van der Waals surface area contributed by atoms with Crippen molar-refractivity contribution in [3.63, 3.8) is 0 Å². The maximum absolute atomic E-state index is 10.8. The number of nitro groups is 1. The molecule has 0 saturated carbocycles. The maximum Gasteiger partial charge on any atom is 0.346 e. The first kappa shape index (κ1) is 13.4. The van der Waals surface area contributed by atoms with Crippen molar-refractivity contribution in [2.45, 2.75) is 6.10 Å². The summed E-state index contributed by atoms with van der Waals surface area (Å²) in [6, 6.07) is 5.20. The van der Waals surface area contributed by atoms with Gasteiger partial charge in [0.05, 0.1) is 16.6 Å². The van der Waals surface area contributed by atoms with Crippen molar-refractivity contribution in [3.05, 3.63) is 33.9 Å². The second-order valence-corrected chi connectivity index (χ2v) is 3.23. The van der Waals surface area contributed by atoms with Gasteiger partial charge in [-0.15, -0.1) is 0 Å². The van der Waals surface area contributed by atoms with Crippen LogP contribution in [0.1, 0.15) is 5.56 Å². The van der Waals surface area contributed by atoms with Crippen LogP contribution in [-0.2, 0) is 4.79 Å². The fourth-order valence-electron chi connectivity index (χ4n) is 1.18. The van der Waals surface area contributed by atoms with E-state index >= 15 is 0 Å². The second kappa shape index (κ2) is 5.60. The number of carbonyl (C=O) groups is 1. The third-order valence-electron chi connectivity index (χ3n) is 2.04. The highest BCUT2D eigenvalue weighted by Crippen LogP contribution is 2.28. The molecule has 8 nitrogen and oxygen atoms in total. The van der Waals surface area contributed by atoms with E-state index in [9.17, 15) is 14.9 Å². The number of aliphatic carboxylic acids is 1. The number of nitrogens with two attached hydrogens (primary N) is 1. The van der Waals surface area contributed by atoms with Gasteiger partial charge in [-0.05, 0) is 12.1 Å². The molecule has 0 fully saturated rings. The van der Waals surface area contributed by atoms with E-state index in [1.54, 1.807) is 6.07 Å². The van der Waals surface area contributed by atoms with Crippen molar-refractivity contribution in [2.24, 2.45) is 5.73 Å². The summed E-state index contributed by atoms with van der Waals surface area (Å²) in [5, 5.41) is 28.1. The summed E-state index contributed by atoms with van der Waals surface area (Å²) < 4.78 is 4.94. The molecular formula is C10H9N3O5. The first-order valence-corrected chi connectivity index (χ1v) is 4.77. The molecule has 1 unspecified atom stereocenters. The molecule has 0 amide bonds. The molecule has 0 heterocycles. The van der Waals surface area contributed by atoms with Crippen LogP contribution in [0.4, 0.5) is 5.69 Å². The first-order valence-electron chi connectivity index (χ1n) is 4.77. The Morgan fingerprint density at radius 2 is 2.33 bits per heavy atom. The predicted octanol–water partition coefficient (Wildman–Crippen LogP) is 0.257. The van der Waals surface area contributed by atoms with Crippen molar-refractivity contribution in [2.75, 3.05) is 6.54 Å². The van der Waals surface area contributed by atoms with Gasteiger partial charge in [-0.2, -0.15) is 5.26 Å². The molecule has 0 aliphatic heterocycles. The Bertz CT molecular complexity index is 523. The van der Waals surface area contributed by atoms with Gasteiger partial charge in [-0.3, -0.25) is 10.1 Å². The molecule has 0 saturated heterocycles.